The number of anilines is 1. The van der Waals surface area contributed by atoms with E-state index in [1.807, 2.05) is 0 Å². The molecule has 1 aromatic rings. The summed E-state index contributed by atoms with van der Waals surface area (Å²) in [5.41, 5.74) is 8.78. The van der Waals surface area contributed by atoms with Crippen LogP contribution in [0, 0.1) is 0 Å². The zero-order valence-electron chi connectivity index (χ0n) is 12.6. The van der Waals surface area contributed by atoms with Crippen LogP contribution in [0.2, 0.25) is 0 Å². The van der Waals surface area contributed by atoms with Crippen molar-refractivity contribution in [3.63, 3.8) is 0 Å². The molecule has 0 bridgehead atoms. The van der Waals surface area contributed by atoms with Gasteiger partial charge in [0, 0.05) is 28.8 Å². The average molecular weight is 341 g/mol. The minimum Gasteiger partial charge on any atom is -0.375 e. The summed E-state index contributed by atoms with van der Waals surface area (Å²) in [6.07, 6.45) is 2.21. The maximum Gasteiger partial charge on any atom is 0.0723 e. The molecule has 1 aromatic carbocycles. The Morgan fingerprint density at radius 3 is 2.90 bits per heavy atom. The lowest BCUT2D eigenvalue weighted by atomic mass is 10.0. The van der Waals surface area contributed by atoms with Gasteiger partial charge in [-0.15, -0.1) is 0 Å². The molecule has 3 nitrogen and oxygen atoms in total. The van der Waals surface area contributed by atoms with Crippen molar-refractivity contribution in [1.29, 1.82) is 0 Å². The van der Waals surface area contributed by atoms with Crippen molar-refractivity contribution in [2.24, 2.45) is 5.73 Å². The van der Waals surface area contributed by atoms with E-state index in [2.05, 4.69) is 59.8 Å². The molecule has 2 N–H and O–H groups in total. The predicted molar refractivity (Wildman–Crippen MR) is 88.3 cm³/mol. The normalized spacial score (nSPS) is 24.8. The lowest BCUT2D eigenvalue weighted by Gasteiger charge is -2.39. The fourth-order valence-corrected chi connectivity index (χ4v) is 2.99. The molecule has 1 fully saturated rings. The first-order valence-corrected chi connectivity index (χ1v) is 8.22. The van der Waals surface area contributed by atoms with E-state index < -0.39 is 0 Å². The van der Waals surface area contributed by atoms with Gasteiger partial charge < -0.3 is 15.4 Å². The summed E-state index contributed by atoms with van der Waals surface area (Å²) in [6.45, 7) is 8.21. The molecule has 0 saturated carbocycles. The van der Waals surface area contributed by atoms with Gasteiger partial charge in [-0.05, 0) is 44.4 Å². The minimum atomic E-state index is 0.226. The molecule has 112 valence electrons. The van der Waals surface area contributed by atoms with Crippen LogP contribution in [-0.2, 0) is 11.2 Å². The van der Waals surface area contributed by atoms with Gasteiger partial charge in [-0.1, -0.05) is 28.9 Å². The van der Waals surface area contributed by atoms with Crippen molar-refractivity contribution >= 4 is 21.6 Å². The van der Waals surface area contributed by atoms with E-state index in [4.69, 9.17) is 10.5 Å². The van der Waals surface area contributed by atoms with Crippen LogP contribution in [0.5, 0.6) is 0 Å². The minimum absolute atomic E-state index is 0.226. The fraction of sp³-hybridized carbons (Fsp3) is 0.625. The van der Waals surface area contributed by atoms with Gasteiger partial charge in [0.2, 0.25) is 0 Å². The van der Waals surface area contributed by atoms with Crippen LogP contribution >= 0.6 is 15.9 Å². The Morgan fingerprint density at radius 2 is 2.20 bits per heavy atom. The van der Waals surface area contributed by atoms with Gasteiger partial charge in [-0.2, -0.15) is 0 Å². The van der Waals surface area contributed by atoms with Crippen LogP contribution in [0.15, 0.2) is 22.7 Å². The number of nitrogens with zero attached hydrogens (tertiary/aromatic N) is 1. The highest BCUT2D eigenvalue weighted by Gasteiger charge is 2.25. The molecule has 1 aliphatic rings. The molecule has 0 amide bonds. The third-order valence-corrected chi connectivity index (χ3v) is 4.46. The second-order valence-corrected chi connectivity index (χ2v) is 6.71. The second-order valence-electron chi connectivity index (χ2n) is 5.79. The topological polar surface area (TPSA) is 38.5 Å². The third kappa shape index (κ3) is 3.74. The van der Waals surface area contributed by atoms with Crippen molar-refractivity contribution in [3.05, 3.63) is 28.2 Å². The molecule has 0 aromatic heterocycles. The van der Waals surface area contributed by atoms with Crippen LogP contribution in [0.1, 0.15) is 32.8 Å². The number of rotatable bonds is 4. The zero-order valence-corrected chi connectivity index (χ0v) is 14.2. The van der Waals surface area contributed by atoms with Crippen LogP contribution in [-0.4, -0.2) is 31.3 Å². The van der Waals surface area contributed by atoms with E-state index in [-0.39, 0.29) is 12.1 Å². The maximum atomic E-state index is 6.15. The Hall–Kier alpha value is -0.580. The zero-order chi connectivity index (χ0) is 14.7. The third-order valence-electron chi connectivity index (χ3n) is 3.97. The molecule has 20 heavy (non-hydrogen) atoms. The van der Waals surface area contributed by atoms with Crippen molar-refractivity contribution in [1.82, 2.24) is 0 Å². The SMILES string of the molecule is CCC(N)Cc1ccc(Br)cc1N1CC(C)OCC1C. The first-order chi connectivity index (χ1) is 9.51. The van der Waals surface area contributed by atoms with Gasteiger partial charge >= 0.3 is 0 Å². The highest BCUT2D eigenvalue weighted by atomic mass is 79.9. The molecule has 3 atom stereocenters. The number of nitrogens with two attached hydrogens (primary N) is 1. The Balaban J connectivity index is 2.30. The molecule has 0 aliphatic carbocycles. The van der Waals surface area contributed by atoms with Gasteiger partial charge in [-0.25, -0.2) is 0 Å². The van der Waals surface area contributed by atoms with Crippen LogP contribution in [0.3, 0.4) is 0 Å². The molecule has 1 aliphatic heterocycles. The molecule has 0 radical (unpaired) electrons. The quantitative estimate of drug-likeness (QED) is 0.913. The first kappa shape index (κ1) is 15.8. The Kier molecular flexibility index (Phi) is 5.47. The van der Waals surface area contributed by atoms with Crippen molar-refractivity contribution in [2.45, 2.75) is 51.8 Å². The first-order valence-electron chi connectivity index (χ1n) is 7.43. The fourth-order valence-electron chi connectivity index (χ4n) is 2.64. The van der Waals surface area contributed by atoms with Crippen molar-refractivity contribution < 1.29 is 4.74 Å². The predicted octanol–water partition coefficient (Wildman–Crippen LogP) is 3.34. The van der Waals surface area contributed by atoms with Gasteiger partial charge in [0.1, 0.15) is 0 Å². The maximum absolute atomic E-state index is 6.15. The molecule has 4 heteroatoms. The molecule has 1 saturated heterocycles. The molecule has 2 rings (SSSR count). The number of benzene rings is 1. The van der Waals surface area contributed by atoms with E-state index in [0.717, 1.165) is 30.5 Å². The number of halogens is 1. The summed E-state index contributed by atoms with van der Waals surface area (Å²) in [7, 11) is 0. The largest absolute Gasteiger partial charge is 0.375 e. The van der Waals surface area contributed by atoms with Crippen LogP contribution in [0.4, 0.5) is 5.69 Å². The average Bonchev–Trinajstić information content (AvgIpc) is 2.43. The second kappa shape index (κ2) is 6.92. The molecular weight excluding hydrogens is 316 g/mol. The smallest absolute Gasteiger partial charge is 0.0723 e. The van der Waals surface area contributed by atoms with Gasteiger partial charge in [0.15, 0.2) is 0 Å². The summed E-state index contributed by atoms with van der Waals surface area (Å²) < 4.78 is 6.85. The van der Waals surface area contributed by atoms with Crippen LogP contribution < -0.4 is 10.6 Å². The monoisotopic (exact) mass is 340 g/mol. The molecule has 3 unspecified atom stereocenters. The lowest BCUT2D eigenvalue weighted by molar-refractivity contribution is 0.0343. The van der Waals surface area contributed by atoms with E-state index in [1.54, 1.807) is 0 Å². The molecular formula is C16H25BrN2O. The number of morpholine rings is 1. The Morgan fingerprint density at radius 1 is 1.45 bits per heavy atom. The van der Waals surface area contributed by atoms with Gasteiger partial charge in [0.25, 0.3) is 0 Å². The van der Waals surface area contributed by atoms with Gasteiger partial charge in [0.05, 0.1) is 12.7 Å². The molecule has 1 heterocycles. The summed E-state index contributed by atoms with van der Waals surface area (Å²) in [4.78, 5) is 2.46. The highest BCUT2D eigenvalue weighted by molar-refractivity contribution is 9.10. The van der Waals surface area contributed by atoms with E-state index >= 15 is 0 Å². The highest BCUT2D eigenvalue weighted by Crippen LogP contribution is 2.30. The van der Waals surface area contributed by atoms with E-state index in [9.17, 15) is 0 Å². The number of hydrogen-bond donors (Lipinski definition) is 1. The Labute approximate surface area is 130 Å². The van der Waals surface area contributed by atoms with E-state index in [0.29, 0.717) is 6.04 Å². The molecule has 0 spiro atoms. The summed E-state index contributed by atoms with van der Waals surface area (Å²) >= 11 is 3.59. The lowest BCUT2D eigenvalue weighted by Crippen LogP contribution is -2.48. The van der Waals surface area contributed by atoms with E-state index in [1.165, 1.54) is 11.3 Å². The summed E-state index contributed by atoms with van der Waals surface area (Å²) in [5.74, 6) is 0. The summed E-state index contributed by atoms with van der Waals surface area (Å²) in [5, 5.41) is 0. The van der Waals surface area contributed by atoms with Gasteiger partial charge in [-0.3, -0.25) is 0 Å². The van der Waals surface area contributed by atoms with Crippen molar-refractivity contribution in [3.8, 4) is 0 Å². The summed E-state index contributed by atoms with van der Waals surface area (Å²) in [6, 6.07) is 7.14. The Bertz CT molecular complexity index is 452. The standard InChI is InChI=1S/C16H25BrN2O/c1-4-15(18)7-13-5-6-14(17)8-16(13)19-9-12(3)20-10-11(19)2/h5-6,8,11-12,15H,4,7,9-10,18H2,1-3H3. The number of ether oxygens (including phenoxy) is 1. The van der Waals surface area contributed by atoms with Crippen LogP contribution in [0.25, 0.3) is 0 Å². The van der Waals surface area contributed by atoms with Crippen molar-refractivity contribution in [2.75, 3.05) is 18.1 Å². The number of hydrogen-bond acceptors (Lipinski definition) is 3.